The van der Waals surface area contributed by atoms with E-state index in [1.54, 1.807) is 10.6 Å². The van der Waals surface area contributed by atoms with E-state index in [4.69, 9.17) is 9.47 Å². The van der Waals surface area contributed by atoms with Gasteiger partial charge in [-0.3, -0.25) is 9.59 Å². The van der Waals surface area contributed by atoms with Crippen LogP contribution in [0.1, 0.15) is 37.0 Å². The number of esters is 1. The molecule has 0 saturated carbocycles. The molecule has 0 aliphatic rings. The first-order valence-corrected chi connectivity index (χ1v) is 13.5. The number of rotatable bonds is 10. The van der Waals surface area contributed by atoms with Gasteiger partial charge in [-0.1, -0.05) is 30.7 Å². The number of aromatic nitrogens is 1. The van der Waals surface area contributed by atoms with E-state index < -0.39 is 21.9 Å². The van der Waals surface area contributed by atoms with Crippen molar-refractivity contribution in [1.29, 1.82) is 0 Å². The Morgan fingerprint density at radius 2 is 1.83 bits per heavy atom. The third kappa shape index (κ3) is 5.98. The van der Waals surface area contributed by atoms with E-state index in [0.717, 1.165) is 17.5 Å². The Morgan fingerprint density at radius 1 is 1.11 bits per heavy atom. The Balaban J connectivity index is 2.00. The molecule has 0 saturated heterocycles. The second kappa shape index (κ2) is 11.6. The monoisotopic (exact) mass is 519 g/mol. The molecule has 2 aromatic carbocycles. The van der Waals surface area contributed by atoms with E-state index in [1.807, 2.05) is 26.0 Å². The third-order valence-corrected chi connectivity index (χ3v) is 8.23. The zero-order chi connectivity index (χ0) is 25.6. The molecule has 1 aromatic heterocycles. The van der Waals surface area contributed by atoms with Crippen molar-refractivity contribution in [2.75, 3.05) is 27.3 Å². The second-order valence-electron chi connectivity index (χ2n) is 7.70. The number of hydrogen-bond donors (Lipinski definition) is 0. The van der Waals surface area contributed by atoms with Crippen molar-refractivity contribution < 1.29 is 27.5 Å². The first-order chi connectivity index (χ1) is 16.7. The minimum absolute atomic E-state index is 0.108. The molecular formula is C24H29N3O6S2. The lowest BCUT2D eigenvalue weighted by Gasteiger charge is -2.16. The highest BCUT2D eigenvalue weighted by atomic mass is 32.2. The predicted octanol–water partition coefficient (Wildman–Crippen LogP) is 3.44. The van der Waals surface area contributed by atoms with Gasteiger partial charge in [0, 0.05) is 19.2 Å². The first-order valence-electron chi connectivity index (χ1n) is 11.2. The number of amides is 1. The quantitative estimate of drug-likeness (QED) is 0.380. The molecule has 0 unspecified atom stereocenters. The molecule has 0 fully saturated rings. The maximum atomic E-state index is 13.0. The van der Waals surface area contributed by atoms with Gasteiger partial charge in [-0.15, -0.1) is 0 Å². The van der Waals surface area contributed by atoms with Crippen molar-refractivity contribution in [3.8, 4) is 5.75 Å². The number of para-hydroxylation sites is 1. The van der Waals surface area contributed by atoms with E-state index in [1.165, 1.54) is 54.1 Å². The molecule has 0 aliphatic heterocycles. The van der Waals surface area contributed by atoms with Gasteiger partial charge in [-0.2, -0.15) is 4.99 Å². The fraction of sp³-hybridized carbons (Fsp3) is 0.375. The van der Waals surface area contributed by atoms with Gasteiger partial charge in [0.05, 0.1) is 23.3 Å². The largest absolute Gasteiger partial charge is 0.492 e. The molecule has 0 N–H and O–H groups in total. The summed E-state index contributed by atoms with van der Waals surface area (Å²) in [5.41, 5.74) is 0.875. The predicted molar refractivity (Wildman–Crippen MR) is 134 cm³/mol. The van der Waals surface area contributed by atoms with E-state index in [2.05, 4.69) is 4.99 Å². The number of carbonyl (C=O) groups excluding carboxylic acids is 2. The van der Waals surface area contributed by atoms with Crippen LogP contribution in [0.5, 0.6) is 5.75 Å². The second-order valence-corrected chi connectivity index (χ2v) is 10.8. The number of nitrogens with zero attached hydrogens (tertiary/aromatic N) is 3. The fourth-order valence-corrected chi connectivity index (χ4v) is 5.65. The molecule has 1 amide bonds. The molecule has 3 aromatic rings. The number of sulfonamides is 1. The number of unbranched alkanes of at least 4 members (excludes halogenated alkanes) is 1. The van der Waals surface area contributed by atoms with Crippen molar-refractivity contribution in [1.82, 2.24) is 8.87 Å². The van der Waals surface area contributed by atoms with Crippen LogP contribution in [0.15, 0.2) is 52.4 Å². The number of ether oxygens (including phenoxy) is 2. The lowest BCUT2D eigenvalue weighted by Crippen LogP contribution is -2.27. The van der Waals surface area contributed by atoms with Crippen LogP contribution in [0.3, 0.4) is 0 Å². The van der Waals surface area contributed by atoms with Crippen molar-refractivity contribution in [3.05, 3.63) is 52.8 Å². The number of carbonyl (C=O) groups is 2. The van der Waals surface area contributed by atoms with Crippen LogP contribution < -0.4 is 9.54 Å². The summed E-state index contributed by atoms with van der Waals surface area (Å²) in [6.45, 7) is 4.56. The molecule has 0 spiro atoms. The number of benzene rings is 2. The number of thiazole rings is 1. The Bertz CT molecular complexity index is 1370. The maximum absolute atomic E-state index is 13.0. The van der Waals surface area contributed by atoms with Gasteiger partial charge < -0.3 is 14.0 Å². The van der Waals surface area contributed by atoms with E-state index in [-0.39, 0.29) is 17.0 Å². The Kier molecular flexibility index (Phi) is 8.82. The average Bonchev–Trinajstić information content (AvgIpc) is 3.19. The summed E-state index contributed by atoms with van der Waals surface area (Å²) in [5.74, 6) is -0.483. The molecule has 0 atom stereocenters. The standard InChI is InChI=1S/C24H29N3O6S2/c1-5-7-15-26(3)35(30,31)18-13-11-17(12-14-18)23(29)25-24-27(16-21(28)32-4)22-19(33-6-2)9-8-10-20(22)34-24/h8-14H,5-7,15-16H2,1-4H3. The van der Waals surface area contributed by atoms with Gasteiger partial charge in [0.1, 0.15) is 17.8 Å². The van der Waals surface area contributed by atoms with E-state index in [0.29, 0.717) is 29.2 Å². The van der Waals surface area contributed by atoms with Gasteiger partial charge in [0.25, 0.3) is 5.91 Å². The smallest absolute Gasteiger partial charge is 0.325 e. The van der Waals surface area contributed by atoms with Crippen LogP contribution in [0.4, 0.5) is 0 Å². The normalized spacial score (nSPS) is 12.3. The minimum atomic E-state index is -3.64. The van der Waals surface area contributed by atoms with E-state index >= 15 is 0 Å². The molecule has 11 heteroatoms. The Hall–Kier alpha value is -3.02. The van der Waals surface area contributed by atoms with Gasteiger partial charge in [-0.25, -0.2) is 12.7 Å². The van der Waals surface area contributed by atoms with Crippen LogP contribution >= 0.6 is 11.3 Å². The first kappa shape index (κ1) is 26.6. The highest BCUT2D eigenvalue weighted by molar-refractivity contribution is 7.89. The molecule has 35 heavy (non-hydrogen) atoms. The molecule has 1 heterocycles. The molecular weight excluding hydrogens is 490 g/mol. The number of hydrogen-bond acceptors (Lipinski definition) is 7. The summed E-state index contributed by atoms with van der Waals surface area (Å²) >= 11 is 1.24. The molecule has 0 radical (unpaired) electrons. The summed E-state index contributed by atoms with van der Waals surface area (Å²) in [7, 11) is -0.810. The molecule has 3 rings (SSSR count). The van der Waals surface area contributed by atoms with Crippen molar-refractivity contribution in [2.24, 2.45) is 4.99 Å². The van der Waals surface area contributed by atoms with E-state index in [9.17, 15) is 18.0 Å². The number of fused-ring (bicyclic) bond motifs is 1. The Morgan fingerprint density at radius 3 is 2.46 bits per heavy atom. The summed E-state index contributed by atoms with van der Waals surface area (Å²) in [6.07, 6.45) is 1.64. The van der Waals surface area contributed by atoms with Gasteiger partial charge in [-0.05, 0) is 49.7 Å². The zero-order valence-electron chi connectivity index (χ0n) is 20.2. The third-order valence-electron chi connectivity index (χ3n) is 5.31. The van der Waals surface area contributed by atoms with Gasteiger partial charge in [0.2, 0.25) is 10.0 Å². The summed E-state index contributed by atoms with van der Waals surface area (Å²) < 4.78 is 39.7. The highest BCUT2D eigenvalue weighted by Crippen LogP contribution is 2.28. The summed E-state index contributed by atoms with van der Waals surface area (Å²) in [4.78, 5) is 29.7. The van der Waals surface area contributed by atoms with Crippen LogP contribution in [-0.2, 0) is 26.1 Å². The molecule has 0 bridgehead atoms. The average molecular weight is 520 g/mol. The van der Waals surface area contributed by atoms with Gasteiger partial charge in [0.15, 0.2) is 4.80 Å². The fourth-order valence-electron chi connectivity index (χ4n) is 3.40. The van der Waals surface area contributed by atoms with Crippen molar-refractivity contribution in [3.63, 3.8) is 0 Å². The zero-order valence-corrected chi connectivity index (χ0v) is 21.8. The van der Waals surface area contributed by atoms with Crippen LogP contribution in [0, 0.1) is 0 Å². The summed E-state index contributed by atoms with van der Waals surface area (Å²) in [5, 5.41) is 0. The van der Waals surface area contributed by atoms with Crippen LogP contribution in [0.25, 0.3) is 10.2 Å². The Labute approximate surface area is 208 Å². The lowest BCUT2D eigenvalue weighted by atomic mass is 10.2. The van der Waals surface area contributed by atoms with Crippen LogP contribution in [0.2, 0.25) is 0 Å². The topological polar surface area (TPSA) is 107 Å². The highest BCUT2D eigenvalue weighted by Gasteiger charge is 2.21. The molecule has 9 nitrogen and oxygen atoms in total. The lowest BCUT2D eigenvalue weighted by molar-refractivity contribution is -0.141. The summed E-state index contributed by atoms with van der Waals surface area (Å²) in [6, 6.07) is 11.2. The SMILES string of the molecule is CCCCN(C)S(=O)(=O)c1ccc(C(=O)N=c2sc3cccc(OCC)c3n2CC(=O)OC)cc1. The maximum Gasteiger partial charge on any atom is 0.325 e. The van der Waals surface area contributed by atoms with Crippen molar-refractivity contribution >= 4 is 43.5 Å². The van der Waals surface area contributed by atoms with Gasteiger partial charge >= 0.3 is 5.97 Å². The van der Waals surface area contributed by atoms with Crippen LogP contribution in [-0.4, -0.2) is 56.5 Å². The molecule has 188 valence electrons. The minimum Gasteiger partial charge on any atom is -0.492 e. The van der Waals surface area contributed by atoms with Crippen molar-refractivity contribution in [2.45, 2.75) is 38.1 Å². The number of methoxy groups -OCH3 is 1. The molecule has 0 aliphatic carbocycles.